The Hall–Kier alpha value is -1.24. The van der Waals surface area contributed by atoms with Crippen LogP contribution in [0.15, 0.2) is 18.2 Å². The van der Waals surface area contributed by atoms with Crippen LogP contribution in [0.3, 0.4) is 0 Å². The molecule has 0 fully saturated rings. The number of aldehydes is 1. The third-order valence-corrected chi connectivity index (χ3v) is 2.37. The average Bonchev–Trinajstić information content (AvgIpc) is 2.24. The minimum atomic E-state index is -1.02. The number of carbonyl (C=O) groups is 2. The fraction of sp³-hybridized carbons (Fsp3) is 0.333. The number of rotatable bonds is 6. The van der Waals surface area contributed by atoms with Crippen molar-refractivity contribution < 1.29 is 33.6 Å². The maximum Gasteiger partial charge on any atom is 1.00 e. The molecule has 1 aromatic carbocycles. The molecular weight excluding hydrogens is 213 g/mol. The summed E-state index contributed by atoms with van der Waals surface area (Å²) in [5.41, 5.74) is 7.61. The number of carboxylic acid groups (broad SMARTS) is 1. The fourth-order valence-corrected chi connectivity index (χ4v) is 1.49. The summed E-state index contributed by atoms with van der Waals surface area (Å²) in [6.45, 7) is 0. The van der Waals surface area contributed by atoms with Gasteiger partial charge < -0.3 is 15.6 Å². The molecule has 0 saturated carbocycles. The molecule has 17 heavy (non-hydrogen) atoms. The Morgan fingerprint density at radius 2 is 2.06 bits per heavy atom. The van der Waals surface area contributed by atoms with E-state index in [-0.39, 0.29) is 25.3 Å². The number of hydrogen-bond donors (Lipinski definition) is 1. The summed E-state index contributed by atoms with van der Waals surface area (Å²) in [6, 6.07) is 5.26. The summed E-state index contributed by atoms with van der Waals surface area (Å²) >= 11 is 0. The van der Waals surface area contributed by atoms with Gasteiger partial charge in [0.15, 0.2) is 6.29 Å². The maximum atomic E-state index is 10.5. The summed E-state index contributed by atoms with van der Waals surface area (Å²) in [7, 11) is 0. The first-order chi connectivity index (χ1) is 7.63. The molecule has 0 aliphatic carbocycles. The molecule has 5 heteroatoms. The van der Waals surface area contributed by atoms with E-state index in [1.165, 1.54) is 0 Å². The van der Waals surface area contributed by atoms with Crippen molar-refractivity contribution in [1.82, 2.24) is 0 Å². The molecular formula is C12H14LiNO3. The van der Waals surface area contributed by atoms with E-state index >= 15 is 0 Å². The molecule has 0 radical (unpaired) electrons. The van der Waals surface area contributed by atoms with Crippen LogP contribution in [0.2, 0.25) is 0 Å². The summed E-state index contributed by atoms with van der Waals surface area (Å²) in [6.07, 6.45) is 2.93. The van der Waals surface area contributed by atoms with Crippen LogP contribution in [-0.4, -0.2) is 12.3 Å². The van der Waals surface area contributed by atoms with Crippen molar-refractivity contribution in [2.24, 2.45) is 0 Å². The molecule has 0 spiro atoms. The predicted molar refractivity (Wildman–Crippen MR) is 58.8 cm³/mol. The molecule has 4 nitrogen and oxygen atoms in total. The Labute approximate surface area is 112 Å². The van der Waals surface area contributed by atoms with E-state index in [0.717, 1.165) is 24.7 Å². The molecule has 86 valence electrons. The number of anilines is 1. The minimum absolute atomic E-state index is 0. The predicted octanol–water partition coefficient (Wildman–Crippen LogP) is -2.45. The van der Waals surface area contributed by atoms with Crippen LogP contribution in [-0.2, 0) is 11.2 Å². The van der Waals surface area contributed by atoms with Gasteiger partial charge in [0.1, 0.15) is 0 Å². The molecule has 0 unspecified atom stereocenters. The molecule has 2 N–H and O–H groups in total. The molecule has 0 atom stereocenters. The molecule has 0 aliphatic heterocycles. The van der Waals surface area contributed by atoms with Gasteiger partial charge in [-0.05, 0) is 43.4 Å². The third-order valence-electron chi connectivity index (χ3n) is 2.37. The second kappa shape index (κ2) is 7.94. The van der Waals surface area contributed by atoms with Crippen LogP contribution in [0.1, 0.15) is 35.2 Å². The number of hydrogen-bond acceptors (Lipinski definition) is 4. The van der Waals surface area contributed by atoms with Crippen LogP contribution in [0, 0.1) is 0 Å². The van der Waals surface area contributed by atoms with Gasteiger partial charge in [-0.15, -0.1) is 0 Å². The van der Waals surface area contributed by atoms with Gasteiger partial charge in [-0.25, -0.2) is 0 Å². The summed E-state index contributed by atoms with van der Waals surface area (Å²) in [4.78, 5) is 20.7. The van der Waals surface area contributed by atoms with Crippen molar-refractivity contribution in [3.05, 3.63) is 29.3 Å². The Balaban J connectivity index is 0.00000256. The zero-order chi connectivity index (χ0) is 12.0. The smallest absolute Gasteiger partial charge is 0.550 e. The number of nitrogens with two attached hydrogens (primary N) is 1. The minimum Gasteiger partial charge on any atom is -0.550 e. The molecule has 1 rings (SSSR count). The number of nitrogen functional groups attached to an aromatic ring is 1. The topological polar surface area (TPSA) is 83.2 Å². The van der Waals surface area contributed by atoms with Gasteiger partial charge in [-0.2, -0.15) is 0 Å². The summed E-state index contributed by atoms with van der Waals surface area (Å²) in [5, 5.41) is 10.2. The van der Waals surface area contributed by atoms with E-state index < -0.39 is 5.97 Å². The van der Waals surface area contributed by atoms with Crippen LogP contribution in [0.5, 0.6) is 0 Å². The van der Waals surface area contributed by atoms with E-state index in [2.05, 4.69) is 0 Å². The van der Waals surface area contributed by atoms with Gasteiger partial charge in [-0.3, -0.25) is 4.79 Å². The standard InChI is InChI=1S/C12H15NO3.Li/c13-11-7-9(5-6-10(11)8-14)3-1-2-4-12(15)16;/h5-8H,1-4,13H2,(H,15,16);/q;+1/p-1. The molecule has 0 amide bonds. The number of benzene rings is 1. The number of aryl methyl sites for hydroxylation is 1. The number of carboxylic acids is 1. The molecule has 0 bridgehead atoms. The van der Waals surface area contributed by atoms with Crippen molar-refractivity contribution >= 4 is 17.9 Å². The first-order valence-electron chi connectivity index (χ1n) is 5.17. The summed E-state index contributed by atoms with van der Waals surface area (Å²) in [5.74, 6) is -1.02. The number of aliphatic carboxylic acids is 1. The largest absolute Gasteiger partial charge is 1.00 e. The first-order valence-corrected chi connectivity index (χ1v) is 5.17. The maximum absolute atomic E-state index is 10.5. The zero-order valence-electron chi connectivity index (χ0n) is 9.94. The fourth-order valence-electron chi connectivity index (χ4n) is 1.49. The Morgan fingerprint density at radius 3 is 2.59 bits per heavy atom. The molecule has 0 aliphatic rings. The van der Waals surface area contributed by atoms with E-state index in [1.54, 1.807) is 12.1 Å². The van der Waals surface area contributed by atoms with Crippen LogP contribution >= 0.6 is 0 Å². The first kappa shape index (κ1) is 15.8. The number of unbranched alkanes of at least 4 members (excludes halogenated alkanes) is 1. The third kappa shape index (κ3) is 5.57. The zero-order valence-corrected chi connectivity index (χ0v) is 9.94. The quantitative estimate of drug-likeness (QED) is 0.253. The van der Waals surface area contributed by atoms with Gasteiger partial charge in [0.05, 0.1) is 0 Å². The van der Waals surface area contributed by atoms with Crippen molar-refractivity contribution in [1.29, 1.82) is 0 Å². The molecule has 1 aromatic rings. The van der Waals surface area contributed by atoms with Gasteiger partial charge in [0.2, 0.25) is 0 Å². The SMILES string of the molecule is Nc1cc(CCCCC(=O)[O-])ccc1C=O.[Li+]. The number of carbonyl (C=O) groups excluding carboxylic acids is 2. The van der Waals surface area contributed by atoms with Crippen LogP contribution in [0.25, 0.3) is 0 Å². The van der Waals surface area contributed by atoms with E-state index in [4.69, 9.17) is 5.73 Å². The Kier molecular flexibility index (Phi) is 7.36. The van der Waals surface area contributed by atoms with Crippen molar-refractivity contribution in [2.45, 2.75) is 25.7 Å². The molecule has 0 aromatic heterocycles. The molecule has 0 saturated heterocycles. The van der Waals surface area contributed by atoms with Crippen molar-refractivity contribution in [2.75, 3.05) is 5.73 Å². The summed E-state index contributed by atoms with van der Waals surface area (Å²) < 4.78 is 0. The normalized spacial score (nSPS) is 9.41. The van der Waals surface area contributed by atoms with Gasteiger partial charge >= 0.3 is 18.9 Å². The van der Waals surface area contributed by atoms with Crippen LogP contribution in [0.4, 0.5) is 5.69 Å². The molecule has 0 heterocycles. The monoisotopic (exact) mass is 227 g/mol. The average molecular weight is 227 g/mol. The van der Waals surface area contributed by atoms with Gasteiger partial charge in [0.25, 0.3) is 0 Å². The van der Waals surface area contributed by atoms with Gasteiger partial charge in [0, 0.05) is 17.2 Å². The van der Waals surface area contributed by atoms with Gasteiger partial charge in [-0.1, -0.05) is 6.07 Å². The van der Waals surface area contributed by atoms with E-state index in [9.17, 15) is 14.7 Å². The second-order valence-corrected chi connectivity index (χ2v) is 3.66. The van der Waals surface area contributed by atoms with E-state index in [1.807, 2.05) is 6.07 Å². The van der Waals surface area contributed by atoms with Crippen molar-refractivity contribution in [3.8, 4) is 0 Å². The van der Waals surface area contributed by atoms with Crippen LogP contribution < -0.4 is 29.7 Å². The Bertz CT molecular complexity index is 393. The Morgan fingerprint density at radius 1 is 1.35 bits per heavy atom. The van der Waals surface area contributed by atoms with E-state index in [0.29, 0.717) is 17.7 Å². The van der Waals surface area contributed by atoms with Crippen molar-refractivity contribution in [3.63, 3.8) is 0 Å². The second-order valence-electron chi connectivity index (χ2n) is 3.66.